The van der Waals surface area contributed by atoms with Crippen molar-refractivity contribution in [2.24, 2.45) is 11.8 Å². The minimum absolute atomic E-state index is 0.0293. The summed E-state index contributed by atoms with van der Waals surface area (Å²) in [5.74, 6) is -0.489. The van der Waals surface area contributed by atoms with Crippen LogP contribution in [0.1, 0.15) is 90.1 Å². The lowest BCUT2D eigenvalue weighted by atomic mass is 9.81. The number of hydrogen-bond donors (Lipinski definition) is 3. The minimum Gasteiger partial charge on any atom is -0.390 e. The molecule has 7 rings (SSSR count). The predicted octanol–water partition coefficient (Wildman–Crippen LogP) is 4.57. The van der Waals surface area contributed by atoms with E-state index in [1.165, 1.54) is 21.7 Å². The van der Waals surface area contributed by atoms with Crippen LogP contribution < -0.4 is 11.1 Å². The van der Waals surface area contributed by atoms with Gasteiger partial charge in [0.05, 0.1) is 22.4 Å². The fourth-order valence-corrected chi connectivity index (χ4v) is 6.91. The fourth-order valence-electron chi connectivity index (χ4n) is 6.91. The molecule has 0 saturated heterocycles. The lowest BCUT2D eigenvalue weighted by Gasteiger charge is -2.32. The van der Waals surface area contributed by atoms with Gasteiger partial charge in [0.15, 0.2) is 11.5 Å². The molecule has 0 radical (unpaired) electrons. The van der Waals surface area contributed by atoms with E-state index in [-0.39, 0.29) is 58.4 Å². The van der Waals surface area contributed by atoms with Gasteiger partial charge >= 0.3 is 6.18 Å². The Morgan fingerprint density at radius 1 is 1.17 bits per heavy atom. The number of rotatable bonds is 6. The molecule has 3 saturated carbocycles. The van der Waals surface area contributed by atoms with Crippen LogP contribution in [0.5, 0.6) is 0 Å². The molecule has 12 heteroatoms. The number of aliphatic hydroxyl groups is 1. The molecule has 1 aliphatic heterocycles. The zero-order valence-electron chi connectivity index (χ0n) is 23.2. The SMILES string of the molecule is C[C@@H](C1CC1)N1Cc2cc(-c3ccn4nc(N)c(C(=O)NC5CCC(C6(O)CC6)CC5)c4n3)cc(C(F)(F)F)c2C1=O. The number of anilines is 1. The van der Waals surface area contributed by atoms with Crippen LogP contribution in [0, 0.1) is 11.8 Å². The van der Waals surface area contributed by atoms with Crippen LogP contribution >= 0.6 is 0 Å². The van der Waals surface area contributed by atoms with Crippen molar-refractivity contribution in [3.63, 3.8) is 0 Å². The van der Waals surface area contributed by atoms with E-state index in [1.807, 2.05) is 6.92 Å². The third kappa shape index (κ3) is 4.60. The first kappa shape index (κ1) is 27.2. The number of nitrogens with two attached hydrogens (primary N) is 1. The van der Waals surface area contributed by atoms with Crippen LogP contribution in [-0.4, -0.2) is 54.1 Å². The second-order valence-corrected chi connectivity index (χ2v) is 12.5. The van der Waals surface area contributed by atoms with Crippen LogP contribution in [0.25, 0.3) is 16.9 Å². The van der Waals surface area contributed by atoms with Gasteiger partial charge in [-0.1, -0.05) is 0 Å². The summed E-state index contributed by atoms with van der Waals surface area (Å²) < 4.78 is 44.1. The predicted molar refractivity (Wildman–Crippen MR) is 147 cm³/mol. The summed E-state index contributed by atoms with van der Waals surface area (Å²) in [7, 11) is 0. The molecular formula is C30H33F3N6O3. The third-order valence-corrected chi connectivity index (χ3v) is 9.76. The van der Waals surface area contributed by atoms with Gasteiger partial charge in [0.2, 0.25) is 0 Å². The number of fused-ring (bicyclic) bond motifs is 2. The smallest absolute Gasteiger partial charge is 0.390 e. The lowest BCUT2D eigenvalue weighted by molar-refractivity contribution is -0.137. The summed E-state index contributed by atoms with van der Waals surface area (Å²) in [5, 5.41) is 17.6. The molecule has 3 heterocycles. The van der Waals surface area contributed by atoms with Gasteiger partial charge in [-0.05, 0) is 93.9 Å². The highest BCUT2D eigenvalue weighted by Gasteiger charge is 2.48. The van der Waals surface area contributed by atoms with Gasteiger partial charge in [-0.2, -0.15) is 13.2 Å². The summed E-state index contributed by atoms with van der Waals surface area (Å²) >= 11 is 0. The molecule has 2 aromatic heterocycles. The maximum absolute atomic E-state index is 14.3. The van der Waals surface area contributed by atoms with Crippen molar-refractivity contribution in [3.05, 3.63) is 46.6 Å². The maximum atomic E-state index is 14.3. The number of nitrogens with one attached hydrogen (secondary N) is 1. The molecule has 1 atom stereocenters. The van der Waals surface area contributed by atoms with E-state index in [9.17, 15) is 27.9 Å². The molecule has 3 aromatic rings. The zero-order valence-corrected chi connectivity index (χ0v) is 23.2. The minimum atomic E-state index is -4.74. The van der Waals surface area contributed by atoms with Gasteiger partial charge in [0, 0.05) is 30.4 Å². The van der Waals surface area contributed by atoms with Crippen molar-refractivity contribution in [3.8, 4) is 11.3 Å². The Morgan fingerprint density at radius 3 is 2.52 bits per heavy atom. The molecule has 1 aromatic carbocycles. The zero-order chi connectivity index (χ0) is 29.6. The average molecular weight is 583 g/mol. The molecular weight excluding hydrogens is 549 g/mol. The molecule has 222 valence electrons. The number of hydrogen-bond acceptors (Lipinski definition) is 6. The molecule has 4 aliphatic rings. The number of carbonyl (C=O) groups excluding carboxylic acids is 2. The standard InChI is InChI=1S/C30H33F3N6O3/c1-15(16-2-3-16)38-14-18-12-17(13-21(30(31,32)33)23(18)28(38)41)22-8-11-39-26(36-22)24(25(34)37-39)27(40)35-20-6-4-19(5-7-20)29(42)9-10-29/h8,11-13,15-16,19-20,42H,2-7,9-10,14H2,1H3,(H2,34,37)(H,35,40)/t15-,19?,20?/m0/s1. The first-order valence-corrected chi connectivity index (χ1v) is 14.7. The van der Waals surface area contributed by atoms with E-state index < -0.39 is 29.2 Å². The molecule has 3 aliphatic carbocycles. The van der Waals surface area contributed by atoms with Crippen LogP contribution in [0.4, 0.5) is 19.0 Å². The Kier molecular flexibility index (Phi) is 6.09. The molecule has 9 nitrogen and oxygen atoms in total. The van der Waals surface area contributed by atoms with Crippen LogP contribution in [-0.2, 0) is 12.7 Å². The number of nitrogens with zero attached hydrogens (tertiary/aromatic N) is 4. The molecule has 0 unspecified atom stereocenters. The topological polar surface area (TPSA) is 126 Å². The van der Waals surface area contributed by atoms with E-state index in [0.717, 1.165) is 57.4 Å². The first-order chi connectivity index (χ1) is 19.9. The van der Waals surface area contributed by atoms with Gasteiger partial charge in [-0.15, -0.1) is 5.10 Å². The number of alkyl halides is 3. The van der Waals surface area contributed by atoms with E-state index >= 15 is 0 Å². The monoisotopic (exact) mass is 582 g/mol. The molecule has 0 bridgehead atoms. The van der Waals surface area contributed by atoms with Crippen molar-refractivity contribution in [2.45, 2.75) is 88.7 Å². The van der Waals surface area contributed by atoms with Gasteiger partial charge in [-0.3, -0.25) is 9.59 Å². The normalized spacial score (nSPS) is 24.1. The number of amides is 2. The van der Waals surface area contributed by atoms with Gasteiger partial charge in [-0.25, -0.2) is 9.50 Å². The molecule has 0 spiro atoms. The van der Waals surface area contributed by atoms with Crippen LogP contribution in [0.3, 0.4) is 0 Å². The van der Waals surface area contributed by atoms with Gasteiger partial charge in [0.25, 0.3) is 11.8 Å². The van der Waals surface area contributed by atoms with E-state index in [1.54, 1.807) is 6.07 Å². The second kappa shape index (κ2) is 9.42. The number of benzene rings is 1. The summed E-state index contributed by atoms with van der Waals surface area (Å²) in [6.45, 7) is 2.00. The number of aromatic nitrogens is 3. The van der Waals surface area contributed by atoms with Gasteiger partial charge in [0.1, 0.15) is 5.56 Å². The summed E-state index contributed by atoms with van der Waals surface area (Å²) in [4.78, 5) is 32.6. The number of carbonyl (C=O) groups is 2. The molecule has 42 heavy (non-hydrogen) atoms. The summed E-state index contributed by atoms with van der Waals surface area (Å²) in [5.41, 5.74) is 5.24. The van der Waals surface area contributed by atoms with Crippen molar-refractivity contribution >= 4 is 23.3 Å². The maximum Gasteiger partial charge on any atom is 0.417 e. The van der Waals surface area contributed by atoms with Crippen molar-refractivity contribution in [2.75, 3.05) is 5.73 Å². The third-order valence-electron chi connectivity index (χ3n) is 9.76. The summed E-state index contributed by atoms with van der Waals surface area (Å²) in [6, 6.07) is 3.86. The van der Waals surface area contributed by atoms with Crippen molar-refractivity contribution in [1.29, 1.82) is 0 Å². The largest absolute Gasteiger partial charge is 0.417 e. The van der Waals surface area contributed by atoms with Crippen molar-refractivity contribution in [1.82, 2.24) is 24.8 Å². The van der Waals surface area contributed by atoms with E-state index in [2.05, 4.69) is 15.4 Å². The molecule has 4 N–H and O–H groups in total. The molecule has 2 amide bonds. The highest BCUT2D eigenvalue weighted by atomic mass is 19.4. The molecule has 3 fully saturated rings. The van der Waals surface area contributed by atoms with Crippen LogP contribution in [0.2, 0.25) is 0 Å². The van der Waals surface area contributed by atoms with E-state index in [0.29, 0.717) is 11.5 Å². The summed E-state index contributed by atoms with van der Waals surface area (Å²) in [6.07, 6.45) is 3.52. The highest BCUT2D eigenvalue weighted by Crippen LogP contribution is 2.48. The quantitative estimate of drug-likeness (QED) is 0.391. The first-order valence-electron chi connectivity index (χ1n) is 14.7. The Balaban J connectivity index is 1.19. The average Bonchev–Trinajstić information content (AvgIpc) is 3.87. The number of nitrogen functional groups attached to an aromatic ring is 1. The van der Waals surface area contributed by atoms with Gasteiger partial charge < -0.3 is 21.1 Å². The van der Waals surface area contributed by atoms with E-state index in [4.69, 9.17) is 5.73 Å². The highest BCUT2D eigenvalue weighted by molar-refractivity contribution is 6.04. The Hall–Kier alpha value is -3.67. The Bertz CT molecular complexity index is 1600. The fraction of sp³-hybridized carbons (Fsp3) is 0.533. The number of halogens is 3. The second-order valence-electron chi connectivity index (χ2n) is 12.5. The lowest BCUT2D eigenvalue weighted by Crippen LogP contribution is -2.40. The Morgan fingerprint density at radius 2 is 1.88 bits per heavy atom. The Labute approximate surface area is 240 Å². The van der Waals surface area contributed by atoms with Crippen LogP contribution in [0.15, 0.2) is 24.4 Å². The van der Waals surface area contributed by atoms with Crippen molar-refractivity contribution < 1.29 is 27.9 Å².